The average molecular weight is 316 g/mol. The Bertz CT molecular complexity index is 738. The normalized spacial score (nSPS) is 10.3. The number of carbonyl (C=O) groups is 1. The van der Waals surface area contributed by atoms with Crippen LogP contribution in [0, 0.1) is 0 Å². The molecule has 1 aromatic heterocycles. The highest BCUT2D eigenvalue weighted by Crippen LogP contribution is 2.15. The van der Waals surface area contributed by atoms with Gasteiger partial charge in [0.15, 0.2) is 0 Å². The van der Waals surface area contributed by atoms with E-state index in [0.29, 0.717) is 24.4 Å². The summed E-state index contributed by atoms with van der Waals surface area (Å²) in [6, 6.07) is 8.37. The number of nitrogen functional groups attached to an aromatic ring is 1. The Kier molecular flexibility index (Phi) is 5.35. The van der Waals surface area contributed by atoms with Crippen LogP contribution in [0.5, 0.6) is 5.75 Å². The van der Waals surface area contributed by atoms with Crippen molar-refractivity contribution in [2.24, 2.45) is 0 Å². The molecule has 7 heteroatoms. The van der Waals surface area contributed by atoms with Crippen molar-refractivity contribution in [1.29, 1.82) is 0 Å². The molecule has 0 radical (unpaired) electrons. The topological polar surface area (TPSA) is 99.2 Å². The van der Waals surface area contributed by atoms with E-state index >= 15 is 0 Å². The maximum absolute atomic E-state index is 12.1. The molecule has 1 amide bonds. The van der Waals surface area contributed by atoms with Gasteiger partial charge in [0.2, 0.25) is 11.9 Å². The molecule has 0 fully saturated rings. The van der Waals surface area contributed by atoms with Gasteiger partial charge in [0.05, 0.1) is 6.61 Å². The van der Waals surface area contributed by atoms with Gasteiger partial charge in [0, 0.05) is 17.4 Å². The summed E-state index contributed by atoms with van der Waals surface area (Å²) in [5.41, 5.74) is 6.63. The van der Waals surface area contributed by atoms with Crippen molar-refractivity contribution in [2.75, 3.05) is 17.7 Å². The number of anilines is 2. The average Bonchev–Trinajstić information content (AvgIpc) is 2.53. The zero-order chi connectivity index (χ0) is 16.8. The predicted octanol–water partition coefficient (Wildman–Crippen LogP) is 1.43. The number of nitrogens with one attached hydrogen (secondary N) is 1. The van der Waals surface area contributed by atoms with Crippen molar-refractivity contribution in [3.8, 4) is 5.75 Å². The minimum atomic E-state index is -0.353. The van der Waals surface area contributed by atoms with Gasteiger partial charge < -0.3 is 15.8 Å². The lowest BCUT2D eigenvalue weighted by molar-refractivity contribution is -0.116. The first-order chi connectivity index (χ1) is 11.0. The Hall–Kier alpha value is -2.83. The first-order valence-electron chi connectivity index (χ1n) is 7.42. The lowest BCUT2D eigenvalue weighted by Gasteiger charge is -2.10. The summed E-state index contributed by atoms with van der Waals surface area (Å²) < 4.78 is 6.47. The van der Waals surface area contributed by atoms with Crippen LogP contribution in [-0.4, -0.2) is 22.1 Å². The molecule has 0 unspecified atom stereocenters. The summed E-state index contributed by atoms with van der Waals surface area (Å²) in [6.45, 7) is 4.17. The zero-order valence-electron chi connectivity index (χ0n) is 13.2. The Morgan fingerprint density at radius 2 is 2.00 bits per heavy atom. The second-order valence-corrected chi connectivity index (χ2v) is 4.89. The maximum Gasteiger partial charge on any atom is 0.255 e. The van der Waals surface area contributed by atoms with Crippen molar-refractivity contribution < 1.29 is 9.53 Å². The van der Waals surface area contributed by atoms with Crippen LogP contribution in [0.4, 0.5) is 11.6 Å². The Balaban J connectivity index is 2.06. The number of amides is 1. The van der Waals surface area contributed by atoms with E-state index in [1.807, 2.05) is 13.8 Å². The maximum atomic E-state index is 12.1. The number of ether oxygens (including phenoxy) is 1. The van der Waals surface area contributed by atoms with E-state index in [9.17, 15) is 9.59 Å². The molecule has 0 bridgehead atoms. The lowest BCUT2D eigenvalue weighted by Crippen LogP contribution is -2.30. The Labute approximate surface area is 134 Å². The number of nitrogens with two attached hydrogens (primary N) is 1. The fourth-order valence-electron chi connectivity index (χ4n) is 2.06. The molecule has 7 nitrogen and oxygen atoms in total. The molecule has 2 rings (SSSR count). The molecule has 0 atom stereocenters. The van der Waals surface area contributed by atoms with E-state index in [4.69, 9.17) is 10.5 Å². The molecule has 1 heterocycles. The van der Waals surface area contributed by atoms with E-state index in [1.54, 1.807) is 24.3 Å². The van der Waals surface area contributed by atoms with Crippen molar-refractivity contribution in [3.63, 3.8) is 0 Å². The van der Waals surface area contributed by atoms with Gasteiger partial charge in [-0.15, -0.1) is 0 Å². The largest absolute Gasteiger partial charge is 0.494 e. The molecule has 0 saturated heterocycles. The number of hydrogen-bond acceptors (Lipinski definition) is 5. The molecule has 2 aromatic rings. The summed E-state index contributed by atoms with van der Waals surface area (Å²) in [5.74, 6) is 0.413. The summed E-state index contributed by atoms with van der Waals surface area (Å²) in [5, 5.41) is 2.71. The minimum Gasteiger partial charge on any atom is -0.494 e. The smallest absolute Gasteiger partial charge is 0.255 e. The molecular weight excluding hydrogens is 296 g/mol. The molecular formula is C16H20N4O3. The third-order valence-corrected chi connectivity index (χ3v) is 3.20. The standard InChI is InChI=1S/C16H20N4O3/c1-3-11-9-15(22)20(16(17)19-11)10-14(21)18-12-5-7-13(8-6-12)23-4-2/h5-9H,3-4,10H2,1-2H3,(H2,17,19)(H,18,21). The van der Waals surface area contributed by atoms with E-state index < -0.39 is 0 Å². The van der Waals surface area contributed by atoms with Gasteiger partial charge in [-0.2, -0.15) is 0 Å². The van der Waals surface area contributed by atoms with E-state index in [1.165, 1.54) is 6.07 Å². The Morgan fingerprint density at radius 3 is 2.57 bits per heavy atom. The molecule has 23 heavy (non-hydrogen) atoms. The van der Waals surface area contributed by atoms with Gasteiger partial charge in [-0.3, -0.25) is 14.2 Å². The van der Waals surface area contributed by atoms with Crippen molar-refractivity contribution >= 4 is 17.5 Å². The number of nitrogens with zero attached hydrogens (tertiary/aromatic N) is 2. The van der Waals surface area contributed by atoms with Gasteiger partial charge in [-0.25, -0.2) is 4.98 Å². The first-order valence-corrected chi connectivity index (χ1v) is 7.42. The summed E-state index contributed by atoms with van der Waals surface area (Å²) in [6.07, 6.45) is 0.610. The molecule has 0 spiro atoms. The zero-order valence-corrected chi connectivity index (χ0v) is 13.2. The molecule has 0 aliphatic rings. The first kappa shape index (κ1) is 16.5. The lowest BCUT2D eigenvalue weighted by atomic mass is 10.3. The molecule has 0 aliphatic carbocycles. The Morgan fingerprint density at radius 1 is 1.30 bits per heavy atom. The fraction of sp³-hybridized carbons (Fsp3) is 0.312. The number of rotatable bonds is 6. The quantitative estimate of drug-likeness (QED) is 0.840. The highest BCUT2D eigenvalue weighted by atomic mass is 16.5. The van der Waals surface area contributed by atoms with Crippen LogP contribution in [0.3, 0.4) is 0 Å². The van der Waals surface area contributed by atoms with Crippen LogP contribution < -0.4 is 21.3 Å². The molecule has 3 N–H and O–H groups in total. The fourth-order valence-corrected chi connectivity index (χ4v) is 2.06. The highest BCUT2D eigenvalue weighted by molar-refractivity contribution is 5.90. The third-order valence-electron chi connectivity index (χ3n) is 3.20. The van der Waals surface area contributed by atoms with E-state index in [2.05, 4.69) is 10.3 Å². The van der Waals surface area contributed by atoms with Crippen LogP contribution in [0.2, 0.25) is 0 Å². The van der Waals surface area contributed by atoms with Gasteiger partial charge in [-0.05, 0) is 37.6 Å². The van der Waals surface area contributed by atoms with Crippen molar-refractivity contribution in [2.45, 2.75) is 26.8 Å². The predicted molar refractivity (Wildman–Crippen MR) is 88.5 cm³/mol. The van der Waals surface area contributed by atoms with Crippen LogP contribution >= 0.6 is 0 Å². The van der Waals surface area contributed by atoms with Crippen LogP contribution in [-0.2, 0) is 17.8 Å². The molecule has 1 aromatic carbocycles. The minimum absolute atomic E-state index is 0.0381. The van der Waals surface area contributed by atoms with Crippen LogP contribution in [0.1, 0.15) is 19.5 Å². The van der Waals surface area contributed by atoms with Crippen molar-refractivity contribution in [1.82, 2.24) is 9.55 Å². The number of aryl methyl sites for hydroxylation is 1. The van der Waals surface area contributed by atoms with Gasteiger partial charge in [0.1, 0.15) is 12.3 Å². The van der Waals surface area contributed by atoms with Gasteiger partial charge in [-0.1, -0.05) is 6.92 Å². The van der Waals surface area contributed by atoms with E-state index in [0.717, 1.165) is 10.3 Å². The third kappa shape index (κ3) is 4.32. The number of carbonyl (C=O) groups excluding carboxylic acids is 1. The van der Waals surface area contributed by atoms with Crippen LogP contribution in [0.25, 0.3) is 0 Å². The summed E-state index contributed by atoms with van der Waals surface area (Å²) in [4.78, 5) is 28.1. The molecule has 122 valence electrons. The second-order valence-electron chi connectivity index (χ2n) is 4.89. The van der Waals surface area contributed by atoms with E-state index in [-0.39, 0.29) is 24.0 Å². The van der Waals surface area contributed by atoms with Gasteiger partial charge in [0.25, 0.3) is 5.56 Å². The van der Waals surface area contributed by atoms with Gasteiger partial charge >= 0.3 is 0 Å². The SMILES string of the molecule is CCOc1ccc(NC(=O)Cn2c(N)nc(CC)cc2=O)cc1. The second kappa shape index (κ2) is 7.44. The summed E-state index contributed by atoms with van der Waals surface area (Å²) >= 11 is 0. The number of benzene rings is 1. The number of aromatic nitrogens is 2. The van der Waals surface area contributed by atoms with Crippen LogP contribution in [0.15, 0.2) is 35.1 Å². The number of hydrogen-bond donors (Lipinski definition) is 2. The summed E-state index contributed by atoms with van der Waals surface area (Å²) in [7, 11) is 0. The molecule has 0 aliphatic heterocycles. The highest BCUT2D eigenvalue weighted by Gasteiger charge is 2.10. The van der Waals surface area contributed by atoms with Crippen molar-refractivity contribution in [3.05, 3.63) is 46.4 Å². The monoisotopic (exact) mass is 316 g/mol. The molecule has 0 saturated carbocycles.